The number of hydrogen-bond acceptors (Lipinski definition) is 3. The van der Waals surface area contributed by atoms with Crippen LogP contribution in [0.4, 0.5) is 0 Å². The third-order valence-corrected chi connectivity index (χ3v) is 4.00. The van der Waals surface area contributed by atoms with E-state index in [-0.39, 0.29) is 29.7 Å². The molecule has 0 aromatic heterocycles. The molecular formula is C19H31N3O2. The third kappa shape index (κ3) is 6.71. The standard InChI is InChI=1S/C19H31N3O2/c1-13(2)17(20)18(24)22-12-16(23)21-11-10-14-6-8-15(9-7-14)19(3,4)5/h6-9,13,17H,10-12,20H2,1-5H3,(H,21,23)(H,22,24)/t17-/m0/s1. The minimum Gasteiger partial charge on any atom is -0.354 e. The zero-order valence-corrected chi connectivity index (χ0v) is 15.5. The first-order valence-corrected chi connectivity index (χ1v) is 8.50. The molecule has 0 saturated heterocycles. The molecule has 0 fully saturated rings. The van der Waals surface area contributed by atoms with Crippen LogP contribution >= 0.6 is 0 Å². The van der Waals surface area contributed by atoms with Gasteiger partial charge in [0.25, 0.3) is 0 Å². The van der Waals surface area contributed by atoms with Gasteiger partial charge in [-0.05, 0) is 28.9 Å². The highest BCUT2D eigenvalue weighted by Crippen LogP contribution is 2.22. The summed E-state index contributed by atoms with van der Waals surface area (Å²) >= 11 is 0. The number of hydrogen-bond donors (Lipinski definition) is 3. The normalized spacial score (nSPS) is 12.8. The van der Waals surface area contributed by atoms with E-state index in [1.165, 1.54) is 11.1 Å². The first kappa shape index (κ1) is 20.2. The van der Waals surface area contributed by atoms with Gasteiger partial charge < -0.3 is 16.4 Å². The van der Waals surface area contributed by atoms with E-state index in [1.54, 1.807) is 0 Å². The lowest BCUT2D eigenvalue weighted by Gasteiger charge is -2.19. The molecule has 0 bridgehead atoms. The van der Waals surface area contributed by atoms with Crippen molar-refractivity contribution in [1.82, 2.24) is 10.6 Å². The Bertz CT molecular complexity index is 545. The molecule has 1 rings (SSSR count). The van der Waals surface area contributed by atoms with E-state index in [4.69, 9.17) is 5.73 Å². The second kappa shape index (κ2) is 8.83. The summed E-state index contributed by atoms with van der Waals surface area (Å²) in [5, 5.41) is 5.37. The van der Waals surface area contributed by atoms with Crippen molar-refractivity contribution in [2.24, 2.45) is 11.7 Å². The van der Waals surface area contributed by atoms with E-state index >= 15 is 0 Å². The summed E-state index contributed by atoms with van der Waals surface area (Å²) in [6.07, 6.45) is 0.760. The lowest BCUT2D eigenvalue weighted by molar-refractivity contribution is -0.127. The number of nitrogens with two attached hydrogens (primary N) is 1. The lowest BCUT2D eigenvalue weighted by atomic mass is 9.86. The summed E-state index contributed by atoms with van der Waals surface area (Å²) in [5.74, 6) is -0.451. The van der Waals surface area contributed by atoms with Crippen molar-refractivity contribution >= 4 is 11.8 Å². The van der Waals surface area contributed by atoms with Crippen molar-refractivity contribution < 1.29 is 9.59 Å². The molecule has 5 nitrogen and oxygen atoms in total. The van der Waals surface area contributed by atoms with Crippen LogP contribution in [0, 0.1) is 5.92 Å². The molecule has 4 N–H and O–H groups in total. The van der Waals surface area contributed by atoms with Crippen LogP contribution < -0.4 is 16.4 Å². The van der Waals surface area contributed by atoms with Gasteiger partial charge in [0.1, 0.15) is 0 Å². The quantitative estimate of drug-likeness (QED) is 0.710. The molecule has 0 aliphatic carbocycles. The predicted octanol–water partition coefficient (Wildman–Crippen LogP) is 1.74. The summed E-state index contributed by atoms with van der Waals surface area (Å²) in [5.41, 5.74) is 8.33. The van der Waals surface area contributed by atoms with E-state index in [1.807, 2.05) is 13.8 Å². The van der Waals surface area contributed by atoms with Crippen LogP contribution in [0.3, 0.4) is 0 Å². The van der Waals surface area contributed by atoms with Crippen molar-refractivity contribution in [3.8, 4) is 0 Å². The van der Waals surface area contributed by atoms with E-state index in [0.29, 0.717) is 6.54 Å². The second-order valence-corrected chi connectivity index (χ2v) is 7.53. The maximum Gasteiger partial charge on any atom is 0.239 e. The number of amides is 2. The van der Waals surface area contributed by atoms with Crippen LogP contribution in [0.25, 0.3) is 0 Å². The molecule has 0 heterocycles. The van der Waals surface area contributed by atoms with Crippen molar-refractivity contribution in [3.05, 3.63) is 35.4 Å². The molecule has 0 radical (unpaired) electrons. The number of carbonyl (C=O) groups excluding carboxylic acids is 2. The van der Waals surface area contributed by atoms with Crippen LogP contribution in [0.1, 0.15) is 45.7 Å². The van der Waals surface area contributed by atoms with E-state index < -0.39 is 6.04 Å². The third-order valence-electron chi connectivity index (χ3n) is 4.00. The summed E-state index contributed by atoms with van der Waals surface area (Å²) in [6.45, 7) is 10.8. The fourth-order valence-corrected chi connectivity index (χ4v) is 2.17. The highest BCUT2D eigenvalue weighted by atomic mass is 16.2. The van der Waals surface area contributed by atoms with Gasteiger partial charge in [-0.1, -0.05) is 58.9 Å². The zero-order valence-electron chi connectivity index (χ0n) is 15.5. The average Bonchev–Trinajstić information content (AvgIpc) is 2.51. The number of rotatable bonds is 7. The van der Waals surface area contributed by atoms with Crippen LogP contribution in [0.2, 0.25) is 0 Å². The summed E-state index contributed by atoms with van der Waals surface area (Å²) in [7, 11) is 0. The van der Waals surface area contributed by atoms with Gasteiger partial charge >= 0.3 is 0 Å². The first-order valence-electron chi connectivity index (χ1n) is 8.50. The summed E-state index contributed by atoms with van der Waals surface area (Å²) in [4.78, 5) is 23.4. The molecule has 1 aromatic rings. The Labute approximate surface area is 145 Å². The molecule has 24 heavy (non-hydrogen) atoms. The van der Waals surface area contributed by atoms with Gasteiger partial charge in [0.05, 0.1) is 12.6 Å². The fraction of sp³-hybridized carbons (Fsp3) is 0.579. The van der Waals surface area contributed by atoms with Gasteiger partial charge in [-0.3, -0.25) is 9.59 Å². The number of benzene rings is 1. The van der Waals surface area contributed by atoms with Gasteiger partial charge in [0.2, 0.25) is 11.8 Å². The molecule has 0 unspecified atom stereocenters. The van der Waals surface area contributed by atoms with Crippen molar-refractivity contribution in [2.75, 3.05) is 13.1 Å². The predicted molar refractivity (Wildman–Crippen MR) is 97.7 cm³/mol. The minimum absolute atomic E-state index is 0.0395. The van der Waals surface area contributed by atoms with Crippen molar-refractivity contribution in [3.63, 3.8) is 0 Å². The molecule has 0 saturated carbocycles. The SMILES string of the molecule is CC(C)[C@H](N)C(=O)NCC(=O)NCCc1ccc(C(C)(C)C)cc1. The summed E-state index contributed by atoms with van der Waals surface area (Å²) in [6, 6.07) is 7.86. The van der Waals surface area contributed by atoms with E-state index in [0.717, 1.165) is 6.42 Å². The minimum atomic E-state index is -0.584. The smallest absolute Gasteiger partial charge is 0.239 e. The molecule has 1 aromatic carbocycles. The highest BCUT2D eigenvalue weighted by molar-refractivity contribution is 5.87. The Morgan fingerprint density at radius 2 is 1.67 bits per heavy atom. The van der Waals surface area contributed by atoms with Crippen molar-refractivity contribution in [2.45, 2.75) is 52.5 Å². The monoisotopic (exact) mass is 333 g/mol. The van der Waals surface area contributed by atoms with Gasteiger partial charge in [-0.15, -0.1) is 0 Å². The van der Waals surface area contributed by atoms with Gasteiger partial charge in [0, 0.05) is 6.54 Å². The Balaban J connectivity index is 2.32. The zero-order chi connectivity index (χ0) is 18.3. The molecule has 0 spiro atoms. The topological polar surface area (TPSA) is 84.2 Å². The maximum atomic E-state index is 11.7. The Morgan fingerprint density at radius 1 is 1.08 bits per heavy atom. The maximum absolute atomic E-state index is 11.7. The van der Waals surface area contributed by atoms with Gasteiger partial charge in [-0.25, -0.2) is 0 Å². The molecule has 1 atom stereocenters. The van der Waals surface area contributed by atoms with Crippen LogP contribution in [0.15, 0.2) is 24.3 Å². The summed E-state index contributed by atoms with van der Waals surface area (Å²) < 4.78 is 0. The lowest BCUT2D eigenvalue weighted by Crippen LogP contribution is -2.47. The Morgan fingerprint density at radius 3 is 2.17 bits per heavy atom. The molecule has 0 aliphatic heterocycles. The van der Waals surface area contributed by atoms with Crippen LogP contribution in [-0.4, -0.2) is 30.9 Å². The second-order valence-electron chi connectivity index (χ2n) is 7.53. The highest BCUT2D eigenvalue weighted by Gasteiger charge is 2.17. The molecule has 5 heteroatoms. The molecule has 2 amide bonds. The molecular weight excluding hydrogens is 302 g/mol. The average molecular weight is 333 g/mol. The first-order chi connectivity index (χ1) is 11.1. The van der Waals surface area contributed by atoms with E-state index in [9.17, 15) is 9.59 Å². The Kier molecular flexibility index (Phi) is 7.42. The fourth-order valence-electron chi connectivity index (χ4n) is 2.17. The number of carbonyl (C=O) groups is 2. The van der Waals surface area contributed by atoms with Gasteiger partial charge in [-0.2, -0.15) is 0 Å². The largest absolute Gasteiger partial charge is 0.354 e. The number of nitrogens with one attached hydrogen (secondary N) is 2. The van der Waals surface area contributed by atoms with Crippen molar-refractivity contribution in [1.29, 1.82) is 0 Å². The van der Waals surface area contributed by atoms with E-state index in [2.05, 4.69) is 55.7 Å². The molecule has 134 valence electrons. The van der Waals surface area contributed by atoms with Gasteiger partial charge in [0.15, 0.2) is 0 Å². The Hall–Kier alpha value is -1.88. The molecule has 0 aliphatic rings. The van der Waals surface area contributed by atoms with Crippen LogP contribution in [0.5, 0.6) is 0 Å². The van der Waals surface area contributed by atoms with Crippen LogP contribution in [-0.2, 0) is 21.4 Å².